The molecule has 1 N–H and O–H groups in total. The molecule has 1 heterocycles. The SMILES string of the molecule is O=C(Nc1cncs1)C(F)(F)Cc1ccc(Br)cc1. The Morgan fingerprint density at radius 2 is 2.05 bits per heavy atom. The van der Waals surface area contributed by atoms with Gasteiger partial charge in [-0.15, -0.1) is 11.3 Å². The molecule has 2 aromatic rings. The highest BCUT2D eigenvalue weighted by atomic mass is 79.9. The van der Waals surface area contributed by atoms with Crippen molar-refractivity contribution in [2.45, 2.75) is 12.3 Å². The zero-order valence-electron chi connectivity index (χ0n) is 9.57. The molecule has 0 aliphatic carbocycles. The number of rotatable bonds is 4. The van der Waals surface area contributed by atoms with Crippen molar-refractivity contribution in [1.29, 1.82) is 0 Å². The summed E-state index contributed by atoms with van der Waals surface area (Å²) in [6.45, 7) is 0. The summed E-state index contributed by atoms with van der Waals surface area (Å²) in [6.07, 6.45) is 0.698. The normalized spacial score (nSPS) is 11.3. The van der Waals surface area contributed by atoms with Crippen LogP contribution in [0.1, 0.15) is 5.56 Å². The van der Waals surface area contributed by atoms with Crippen molar-refractivity contribution in [2.24, 2.45) is 0 Å². The van der Waals surface area contributed by atoms with Crippen LogP contribution in [0.15, 0.2) is 40.4 Å². The minimum Gasteiger partial charge on any atom is -0.311 e. The summed E-state index contributed by atoms with van der Waals surface area (Å²) in [4.78, 5) is 15.2. The van der Waals surface area contributed by atoms with Gasteiger partial charge in [-0.25, -0.2) is 0 Å². The Balaban J connectivity index is 2.04. The Bertz CT molecular complexity index is 558. The van der Waals surface area contributed by atoms with Crippen LogP contribution in [0.5, 0.6) is 0 Å². The second-order valence-electron chi connectivity index (χ2n) is 3.83. The van der Waals surface area contributed by atoms with Crippen molar-refractivity contribution in [3.63, 3.8) is 0 Å². The first-order valence-corrected chi connectivity index (χ1v) is 6.97. The second-order valence-corrected chi connectivity index (χ2v) is 5.63. The van der Waals surface area contributed by atoms with Crippen LogP contribution >= 0.6 is 27.3 Å². The van der Waals surface area contributed by atoms with E-state index in [9.17, 15) is 13.6 Å². The fourth-order valence-corrected chi connectivity index (χ4v) is 2.19. The number of thiazole rings is 1. The van der Waals surface area contributed by atoms with Crippen LogP contribution in [-0.2, 0) is 11.2 Å². The van der Waals surface area contributed by atoms with E-state index >= 15 is 0 Å². The van der Waals surface area contributed by atoms with E-state index in [0.29, 0.717) is 10.6 Å². The lowest BCUT2D eigenvalue weighted by Crippen LogP contribution is -2.36. The molecule has 0 fully saturated rings. The standard InChI is InChI=1S/C12H9BrF2N2OS/c13-9-3-1-8(2-4-9)5-12(14,15)11(18)17-10-6-16-7-19-10/h1-4,6-7H,5H2,(H,17,18). The minimum absolute atomic E-state index is 0.306. The van der Waals surface area contributed by atoms with Crippen LogP contribution < -0.4 is 5.32 Å². The lowest BCUT2D eigenvalue weighted by Gasteiger charge is -2.15. The van der Waals surface area contributed by atoms with Crippen molar-refractivity contribution in [2.75, 3.05) is 5.32 Å². The molecule has 0 aliphatic rings. The number of halogens is 3. The Morgan fingerprint density at radius 1 is 1.37 bits per heavy atom. The predicted molar refractivity (Wildman–Crippen MR) is 73.5 cm³/mol. The molecule has 2 rings (SSSR count). The molecular formula is C12H9BrF2N2OS. The maximum absolute atomic E-state index is 13.8. The number of aromatic nitrogens is 1. The van der Waals surface area contributed by atoms with Gasteiger partial charge in [0.2, 0.25) is 0 Å². The topological polar surface area (TPSA) is 42.0 Å². The smallest absolute Gasteiger partial charge is 0.311 e. The lowest BCUT2D eigenvalue weighted by molar-refractivity contribution is -0.139. The number of carbonyl (C=O) groups is 1. The average molecular weight is 347 g/mol. The Labute approximate surface area is 120 Å². The molecule has 0 saturated carbocycles. The number of nitrogens with zero attached hydrogens (tertiary/aromatic N) is 1. The molecule has 0 atom stereocenters. The van der Waals surface area contributed by atoms with Crippen molar-refractivity contribution in [1.82, 2.24) is 4.98 Å². The van der Waals surface area contributed by atoms with Crippen LogP contribution in [0.4, 0.5) is 13.8 Å². The van der Waals surface area contributed by atoms with Crippen molar-refractivity contribution in [3.8, 4) is 0 Å². The van der Waals surface area contributed by atoms with E-state index in [2.05, 4.69) is 26.2 Å². The Kier molecular flexibility index (Phi) is 4.26. The quantitative estimate of drug-likeness (QED) is 0.916. The molecule has 7 heteroatoms. The first-order chi connectivity index (χ1) is 8.97. The van der Waals surface area contributed by atoms with Crippen LogP contribution in [0.3, 0.4) is 0 Å². The summed E-state index contributed by atoms with van der Waals surface area (Å²) < 4.78 is 28.3. The van der Waals surface area contributed by atoms with Gasteiger partial charge in [0.15, 0.2) is 0 Å². The fraction of sp³-hybridized carbons (Fsp3) is 0.167. The van der Waals surface area contributed by atoms with Gasteiger partial charge in [0, 0.05) is 10.9 Å². The van der Waals surface area contributed by atoms with Gasteiger partial charge in [-0.2, -0.15) is 8.78 Å². The number of carbonyl (C=O) groups excluding carboxylic acids is 1. The van der Waals surface area contributed by atoms with E-state index in [-0.39, 0.29) is 0 Å². The third kappa shape index (κ3) is 3.81. The van der Waals surface area contributed by atoms with Gasteiger partial charge >= 0.3 is 5.92 Å². The molecule has 0 unspecified atom stereocenters. The van der Waals surface area contributed by atoms with Crippen molar-refractivity contribution >= 4 is 38.2 Å². The maximum atomic E-state index is 13.8. The van der Waals surface area contributed by atoms with Crippen LogP contribution in [0, 0.1) is 0 Å². The second kappa shape index (κ2) is 5.75. The predicted octanol–water partition coefficient (Wildman–Crippen LogP) is 3.72. The van der Waals surface area contributed by atoms with E-state index in [1.807, 2.05) is 0 Å². The van der Waals surface area contributed by atoms with Crippen molar-refractivity contribution < 1.29 is 13.6 Å². The summed E-state index contributed by atoms with van der Waals surface area (Å²) in [6, 6.07) is 6.43. The van der Waals surface area contributed by atoms with Crippen LogP contribution in [0.25, 0.3) is 0 Å². The Morgan fingerprint density at radius 3 is 2.63 bits per heavy atom. The molecule has 3 nitrogen and oxygen atoms in total. The summed E-state index contributed by atoms with van der Waals surface area (Å²) in [5.41, 5.74) is 1.86. The van der Waals surface area contributed by atoms with Gasteiger partial charge in [-0.05, 0) is 17.7 Å². The zero-order chi connectivity index (χ0) is 13.9. The van der Waals surface area contributed by atoms with Gasteiger partial charge in [-0.3, -0.25) is 9.78 Å². The van der Waals surface area contributed by atoms with Crippen LogP contribution in [-0.4, -0.2) is 16.8 Å². The van der Waals surface area contributed by atoms with Gasteiger partial charge in [0.1, 0.15) is 5.00 Å². The summed E-state index contributed by atoms with van der Waals surface area (Å²) >= 11 is 4.31. The molecule has 0 radical (unpaired) electrons. The highest BCUT2D eigenvalue weighted by Crippen LogP contribution is 2.24. The van der Waals surface area contributed by atoms with E-state index in [1.54, 1.807) is 24.3 Å². The zero-order valence-corrected chi connectivity index (χ0v) is 12.0. The van der Waals surface area contributed by atoms with Crippen LogP contribution in [0.2, 0.25) is 0 Å². The highest BCUT2D eigenvalue weighted by molar-refractivity contribution is 9.10. The first-order valence-electron chi connectivity index (χ1n) is 5.29. The molecule has 0 aliphatic heterocycles. The summed E-state index contributed by atoms with van der Waals surface area (Å²) in [7, 11) is 0. The Hall–Kier alpha value is -1.34. The number of benzene rings is 1. The summed E-state index contributed by atoms with van der Waals surface area (Å²) in [5.74, 6) is -4.78. The number of anilines is 1. The number of nitrogens with one attached hydrogen (secondary N) is 1. The molecular weight excluding hydrogens is 338 g/mol. The number of alkyl halides is 2. The molecule has 0 spiro atoms. The monoisotopic (exact) mass is 346 g/mol. The molecule has 0 bridgehead atoms. The number of amides is 1. The number of hydrogen-bond acceptors (Lipinski definition) is 3. The molecule has 19 heavy (non-hydrogen) atoms. The largest absolute Gasteiger partial charge is 0.328 e. The highest BCUT2D eigenvalue weighted by Gasteiger charge is 2.39. The maximum Gasteiger partial charge on any atom is 0.328 e. The lowest BCUT2D eigenvalue weighted by atomic mass is 10.1. The molecule has 1 amide bonds. The van der Waals surface area contributed by atoms with E-state index < -0.39 is 18.3 Å². The molecule has 0 saturated heterocycles. The number of hydrogen-bond donors (Lipinski definition) is 1. The van der Waals surface area contributed by atoms with E-state index in [0.717, 1.165) is 15.8 Å². The minimum atomic E-state index is -3.46. The van der Waals surface area contributed by atoms with E-state index in [1.165, 1.54) is 11.7 Å². The van der Waals surface area contributed by atoms with E-state index in [4.69, 9.17) is 0 Å². The van der Waals surface area contributed by atoms with Gasteiger partial charge in [-0.1, -0.05) is 28.1 Å². The van der Waals surface area contributed by atoms with Gasteiger partial charge in [0.05, 0.1) is 11.7 Å². The first kappa shape index (κ1) is 14.1. The third-order valence-electron chi connectivity index (χ3n) is 2.34. The molecule has 1 aromatic carbocycles. The third-order valence-corrected chi connectivity index (χ3v) is 3.56. The molecule has 1 aromatic heterocycles. The van der Waals surface area contributed by atoms with Crippen molar-refractivity contribution in [3.05, 3.63) is 46.0 Å². The van der Waals surface area contributed by atoms with Gasteiger partial charge < -0.3 is 5.32 Å². The van der Waals surface area contributed by atoms with Gasteiger partial charge in [0.25, 0.3) is 5.91 Å². The summed E-state index contributed by atoms with van der Waals surface area (Å²) in [5, 5.41) is 2.46. The average Bonchev–Trinajstić information content (AvgIpc) is 2.84. The fourth-order valence-electron chi connectivity index (χ4n) is 1.42. The molecule has 100 valence electrons.